The van der Waals surface area contributed by atoms with E-state index in [0.717, 1.165) is 17.1 Å². The highest BCUT2D eigenvalue weighted by molar-refractivity contribution is 7.97. The Morgan fingerprint density at radius 2 is 1.70 bits per heavy atom. The lowest BCUT2D eigenvalue weighted by atomic mass is 9.79. The van der Waals surface area contributed by atoms with Crippen LogP contribution in [-0.2, 0) is 11.5 Å². The summed E-state index contributed by atoms with van der Waals surface area (Å²) in [6.07, 6.45) is 0. The maximum absolute atomic E-state index is 9.33. The van der Waals surface area contributed by atoms with Crippen LogP contribution in [-0.4, -0.2) is 24.3 Å². The monoisotopic (exact) mass is 288 g/mol. The molecule has 2 N–H and O–H groups in total. The average molecular weight is 288 g/mol. The molecule has 0 unspecified atom stereocenters. The second-order valence-electron chi connectivity index (χ2n) is 4.43. The number of benzene rings is 2. The summed E-state index contributed by atoms with van der Waals surface area (Å²) in [5, 5.41) is 18.7. The van der Waals surface area contributed by atoms with Gasteiger partial charge in [-0.3, -0.25) is 0 Å². The molecule has 5 heteroatoms. The summed E-state index contributed by atoms with van der Waals surface area (Å²) in [6, 6.07) is 15.8. The van der Waals surface area contributed by atoms with Crippen molar-refractivity contribution in [2.45, 2.75) is 11.5 Å². The zero-order valence-corrected chi connectivity index (χ0v) is 12.1. The van der Waals surface area contributed by atoms with Gasteiger partial charge in [-0.1, -0.05) is 42.5 Å². The van der Waals surface area contributed by atoms with Gasteiger partial charge in [-0.2, -0.15) is 11.8 Å². The number of hydrogen-bond donors (Lipinski definition) is 2. The van der Waals surface area contributed by atoms with Crippen molar-refractivity contribution in [1.29, 1.82) is 0 Å². The molecule has 2 aromatic rings. The van der Waals surface area contributed by atoms with E-state index in [0.29, 0.717) is 11.2 Å². The summed E-state index contributed by atoms with van der Waals surface area (Å²) in [4.78, 5) is 0. The third-order valence-electron chi connectivity index (χ3n) is 2.95. The molecule has 20 heavy (non-hydrogen) atoms. The summed E-state index contributed by atoms with van der Waals surface area (Å²) in [5.74, 6) is 2.25. The van der Waals surface area contributed by atoms with E-state index in [9.17, 15) is 10.0 Å². The lowest BCUT2D eigenvalue weighted by molar-refractivity contribution is 0.403. The van der Waals surface area contributed by atoms with Gasteiger partial charge in [0.2, 0.25) is 0 Å². The summed E-state index contributed by atoms with van der Waals surface area (Å²) in [7, 11) is 0.00872. The molecular weight excluding hydrogens is 271 g/mol. The predicted molar refractivity (Wildman–Crippen MR) is 84.3 cm³/mol. The van der Waals surface area contributed by atoms with Gasteiger partial charge < -0.3 is 14.8 Å². The molecule has 0 bridgehead atoms. The zero-order valence-electron chi connectivity index (χ0n) is 11.3. The van der Waals surface area contributed by atoms with E-state index in [4.69, 9.17) is 4.74 Å². The first-order valence-corrected chi connectivity index (χ1v) is 7.51. The Kier molecular flexibility index (Phi) is 5.53. The first-order valence-electron chi connectivity index (χ1n) is 6.35. The van der Waals surface area contributed by atoms with Gasteiger partial charge in [0, 0.05) is 17.0 Å². The van der Waals surface area contributed by atoms with Crippen LogP contribution in [0.3, 0.4) is 0 Å². The number of rotatable bonds is 6. The standard InChI is InChI=1S/C15H17BO3S/c1-19-15-8-7-13(9-14(15)16(17)18)11-20-10-12-5-3-2-4-6-12/h2-9,17-18H,10-11H2,1H3. The van der Waals surface area contributed by atoms with E-state index in [1.165, 1.54) is 12.7 Å². The maximum Gasteiger partial charge on any atom is 0.492 e. The second-order valence-corrected chi connectivity index (χ2v) is 5.41. The highest BCUT2D eigenvalue weighted by Gasteiger charge is 2.17. The summed E-state index contributed by atoms with van der Waals surface area (Å²) < 4.78 is 5.11. The van der Waals surface area contributed by atoms with Gasteiger partial charge in [0.05, 0.1) is 7.11 Å². The van der Waals surface area contributed by atoms with Crippen LogP contribution >= 0.6 is 11.8 Å². The normalized spacial score (nSPS) is 10.3. The minimum atomic E-state index is -1.51. The topological polar surface area (TPSA) is 49.7 Å². The van der Waals surface area contributed by atoms with Gasteiger partial charge in [0.1, 0.15) is 5.75 Å². The van der Waals surface area contributed by atoms with Gasteiger partial charge >= 0.3 is 7.12 Å². The van der Waals surface area contributed by atoms with E-state index in [1.807, 2.05) is 24.3 Å². The number of ether oxygens (including phenoxy) is 1. The van der Waals surface area contributed by atoms with Crippen LogP contribution in [0.1, 0.15) is 11.1 Å². The van der Waals surface area contributed by atoms with E-state index in [2.05, 4.69) is 12.1 Å². The molecule has 0 amide bonds. The van der Waals surface area contributed by atoms with Crippen molar-refractivity contribution >= 4 is 24.3 Å². The fourth-order valence-electron chi connectivity index (χ4n) is 1.94. The van der Waals surface area contributed by atoms with Crippen LogP contribution in [0.5, 0.6) is 5.75 Å². The molecule has 0 aliphatic heterocycles. The van der Waals surface area contributed by atoms with Crippen LogP contribution in [0.2, 0.25) is 0 Å². The Morgan fingerprint density at radius 3 is 2.35 bits per heavy atom. The van der Waals surface area contributed by atoms with Crippen molar-refractivity contribution in [3.63, 3.8) is 0 Å². The summed E-state index contributed by atoms with van der Waals surface area (Å²) in [6.45, 7) is 0. The van der Waals surface area contributed by atoms with Gasteiger partial charge in [-0.25, -0.2) is 0 Å². The smallest absolute Gasteiger partial charge is 0.492 e. The Hall–Kier alpha value is -1.43. The fraction of sp³-hybridized carbons (Fsp3) is 0.200. The second kappa shape index (κ2) is 7.38. The minimum Gasteiger partial charge on any atom is -0.497 e. The van der Waals surface area contributed by atoms with Crippen LogP contribution in [0.15, 0.2) is 48.5 Å². The number of methoxy groups -OCH3 is 1. The van der Waals surface area contributed by atoms with Crippen molar-refractivity contribution < 1.29 is 14.8 Å². The first kappa shape index (κ1) is 15.0. The van der Waals surface area contributed by atoms with Crippen LogP contribution in [0, 0.1) is 0 Å². The summed E-state index contributed by atoms with van der Waals surface area (Å²) in [5.41, 5.74) is 2.74. The first-order chi connectivity index (χ1) is 9.70. The van der Waals surface area contributed by atoms with Crippen LogP contribution in [0.25, 0.3) is 0 Å². The number of thioether (sulfide) groups is 1. The Bertz CT molecular complexity index is 546. The van der Waals surface area contributed by atoms with Crippen molar-refractivity contribution in [1.82, 2.24) is 0 Å². The molecular formula is C15H17BO3S. The maximum atomic E-state index is 9.33. The van der Waals surface area contributed by atoms with Crippen molar-refractivity contribution in [2.75, 3.05) is 7.11 Å². The lowest BCUT2D eigenvalue weighted by Gasteiger charge is -2.10. The molecule has 0 aromatic heterocycles. The Balaban J connectivity index is 1.98. The Morgan fingerprint density at radius 1 is 1.00 bits per heavy atom. The molecule has 0 saturated carbocycles. The van der Waals surface area contributed by atoms with Gasteiger partial charge in [0.15, 0.2) is 0 Å². The fourth-order valence-corrected chi connectivity index (χ4v) is 2.88. The third kappa shape index (κ3) is 4.03. The molecule has 0 aliphatic carbocycles. The molecule has 0 spiro atoms. The molecule has 0 saturated heterocycles. The van der Waals surface area contributed by atoms with Crippen molar-refractivity contribution in [2.24, 2.45) is 0 Å². The highest BCUT2D eigenvalue weighted by atomic mass is 32.2. The molecule has 0 heterocycles. The molecule has 3 nitrogen and oxygen atoms in total. The third-order valence-corrected chi connectivity index (χ3v) is 4.03. The van der Waals surface area contributed by atoms with E-state index in [1.54, 1.807) is 23.9 Å². The minimum absolute atomic E-state index is 0.408. The molecule has 2 rings (SSSR count). The largest absolute Gasteiger partial charge is 0.497 e. The highest BCUT2D eigenvalue weighted by Crippen LogP contribution is 2.19. The van der Waals surface area contributed by atoms with Gasteiger partial charge in [0.25, 0.3) is 0 Å². The van der Waals surface area contributed by atoms with E-state index >= 15 is 0 Å². The van der Waals surface area contributed by atoms with Crippen LogP contribution < -0.4 is 10.2 Å². The quantitative estimate of drug-likeness (QED) is 0.796. The molecule has 0 atom stereocenters. The molecule has 0 aliphatic rings. The zero-order chi connectivity index (χ0) is 14.4. The predicted octanol–water partition coefficient (Wildman–Crippen LogP) is 1.81. The van der Waals surface area contributed by atoms with E-state index in [-0.39, 0.29) is 0 Å². The molecule has 0 fully saturated rings. The van der Waals surface area contributed by atoms with Crippen molar-refractivity contribution in [3.05, 3.63) is 59.7 Å². The number of hydrogen-bond acceptors (Lipinski definition) is 4. The van der Waals surface area contributed by atoms with Crippen molar-refractivity contribution in [3.8, 4) is 5.75 Å². The van der Waals surface area contributed by atoms with E-state index < -0.39 is 7.12 Å². The summed E-state index contributed by atoms with van der Waals surface area (Å²) >= 11 is 1.79. The van der Waals surface area contributed by atoms with Crippen LogP contribution in [0.4, 0.5) is 0 Å². The van der Waals surface area contributed by atoms with Gasteiger partial charge in [-0.05, 0) is 17.2 Å². The molecule has 104 valence electrons. The molecule has 2 aromatic carbocycles. The molecule has 0 radical (unpaired) electrons. The SMILES string of the molecule is COc1ccc(CSCc2ccccc2)cc1B(O)O. The Labute approximate surface area is 123 Å². The average Bonchev–Trinajstić information content (AvgIpc) is 2.48. The van der Waals surface area contributed by atoms with Gasteiger partial charge in [-0.15, -0.1) is 0 Å². The lowest BCUT2D eigenvalue weighted by Crippen LogP contribution is -2.31.